The van der Waals surface area contributed by atoms with Crippen LogP contribution in [0.5, 0.6) is 0 Å². The highest BCUT2D eigenvalue weighted by Gasteiger charge is 2.32. The maximum atomic E-state index is 12.7. The van der Waals surface area contributed by atoms with Gasteiger partial charge in [0, 0.05) is 18.8 Å². The predicted octanol–water partition coefficient (Wildman–Crippen LogP) is 2.52. The highest BCUT2D eigenvalue weighted by atomic mass is 19.4. The summed E-state index contributed by atoms with van der Waals surface area (Å²) in [6, 6.07) is 3.00. The molecule has 3 N–H and O–H groups in total. The summed E-state index contributed by atoms with van der Waals surface area (Å²) in [5.41, 5.74) is -0.704. The van der Waals surface area contributed by atoms with Crippen LogP contribution < -0.4 is 10.6 Å². The van der Waals surface area contributed by atoms with Gasteiger partial charge in [-0.05, 0) is 31.0 Å². The third kappa shape index (κ3) is 4.44. The van der Waals surface area contributed by atoms with Crippen LogP contribution in [0.1, 0.15) is 17.5 Å². The van der Waals surface area contributed by atoms with Crippen molar-refractivity contribution >= 4 is 11.7 Å². The first-order valence-electron chi connectivity index (χ1n) is 5.68. The second-order valence-corrected chi connectivity index (χ2v) is 3.93. The lowest BCUT2D eigenvalue weighted by Crippen LogP contribution is -2.30. The number of carbonyl (C=O) groups is 1. The molecule has 0 saturated carbocycles. The summed E-state index contributed by atoms with van der Waals surface area (Å²) in [4.78, 5) is 11.4. The van der Waals surface area contributed by atoms with Crippen molar-refractivity contribution in [2.24, 2.45) is 0 Å². The van der Waals surface area contributed by atoms with Crippen molar-refractivity contribution in [3.05, 3.63) is 29.3 Å². The van der Waals surface area contributed by atoms with E-state index in [1.807, 2.05) is 0 Å². The summed E-state index contributed by atoms with van der Waals surface area (Å²) in [7, 11) is 0. The van der Waals surface area contributed by atoms with Gasteiger partial charge in [-0.15, -0.1) is 0 Å². The van der Waals surface area contributed by atoms with Gasteiger partial charge >= 0.3 is 12.2 Å². The summed E-state index contributed by atoms with van der Waals surface area (Å²) in [5.74, 6) is 0. The van der Waals surface area contributed by atoms with Crippen molar-refractivity contribution in [3.63, 3.8) is 0 Å². The van der Waals surface area contributed by atoms with E-state index in [4.69, 9.17) is 5.11 Å². The number of halogens is 3. The number of alkyl halides is 3. The van der Waals surface area contributed by atoms with Gasteiger partial charge in [0.1, 0.15) is 0 Å². The van der Waals surface area contributed by atoms with Gasteiger partial charge in [-0.2, -0.15) is 13.2 Å². The molecule has 0 aliphatic rings. The Kier molecular flexibility index (Phi) is 5.17. The molecule has 0 heterocycles. The topological polar surface area (TPSA) is 61.4 Å². The first-order valence-corrected chi connectivity index (χ1v) is 5.68. The van der Waals surface area contributed by atoms with Gasteiger partial charge in [0.25, 0.3) is 0 Å². The predicted molar refractivity (Wildman–Crippen MR) is 64.9 cm³/mol. The van der Waals surface area contributed by atoms with E-state index in [1.165, 1.54) is 19.1 Å². The Morgan fingerprint density at radius 2 is 2.05 bits per heavy atom. The van der Waals surface area contributed by atoms with E-state index >= 15 is 0 Å². The number of rotatable bonds is 4. The number of aliphatic hydroxyl groups is 1. The van der Waals surface area contributed by atoms with Gasteiger partial charge in [-0.1, -0.05) is 6.07 Å². The summed E-state index contributed by atoms with van der Waals surface area (Å²) in [5, 5.41) is 13.3. The molecule has 19 heavy (non-hydrogen) atoms. The molecule has 1 rings (SSSR count). The molecule has 0 radical (unpaired) electrons. The minimum absolute atomic E-state index is 0.0349. The van der Waals surface area contributed by atoms with Gasteiger partial charge in [-0.3, -0.25) is 0 Å². The Bertz CT molecular complexity index is 447. The van der Waals surface area contributed by atoms with E-state index in [-0.39, 0.29) is 24.4 Å². The Morgan fingerprint density at radius 3 is 2.63 bits per heavy atom. The molecular weight excluding hydrogens is 261 g/mol. The van der Waals surface area contributed by atoms with Crippen molar-refractivity contribution in [2.45, 2.75) is 19.5 Å². The molecule has 1 aromatic rings. The minimum atomic E-state index is -4.45. The normalized spacial score (nSPS) is 11.2. The van der Waals surface area contributed by atoms with Crippen molar-refractivity contribution in [2.75, 3.05) is 18.5 Å². The SMILES string of the molecule is Cc1c(NC(=O)NCCCO)cccc1C(F)(F)F. The van der Waals surface area contributed by atoms with E-state index in [2.05, 4.69) is 10.6 Å². The Morgan fingerprint density at radius 1 is 1.37 bits per heavy atom. The molecule has 7 heteroatoms. The molecule has 0 aliphatic heterocycles. The van der Waals surface area contributed by atoms with Crippen LogP contribution in [0.25, 0.3) is 0 Å². The van der Waals surface area contributed by atoms with E-state index in [1.54, 1.807) is 0 Å². The van der Waals surface area contributed by atoms with Gasteiger partial charge in [0.05, 0.1) is 5.56 Å². The van der Waals surface area contributed by atoms with Crippen LogP contribution in [0.4, 0.5) is 23.7 Å². The molecular formula is C12H15F3N2O2. The number of urea groups is 1. The van der Waals surface area contributed by atoms with E-state index in [9.17, 15) is 18.0 Å². The van der Waals surface area contributed by atoms with Crippen LogP contribution in [0.2, 0.25) is 0 Å². The molecule has 0 aliphatic carbocycles. The summed E-state index contributed by atoms with van der Waals surface area (Å²) in [6.45, 7) is 1.48. The van der Waals surface area contributed by atoms with Crippen LogP contribution in [0, 0.1) is 6.92 Å². The molecule has 106 valence electrons. The molecule has 0 fully saturated rings. The standard InChI is InChI=1S/C12H15F3N2O2/c1-8-9(12(13,14)15)4-2-5-10(8)17-11(19)16-6-3-7-18/h2,4-5,18H,3,6-7H2,1H3,(H2,16,17,19). The quantitative estimate of drug-likeness (QED) is 0.740. The average Bonchev–Trinajstić information content (AvgIpc) is 2.30. The van der Waals surface area contributed by atoms with Crippen LogP contribution in [-0.2, 0) is 6.18 Å². The van der Waals surface area contributed by atoms with Crippen LogP contribution in [-0.4, -0.2) is 24.3 Å². The van der Waals surface area contributed by atoms with Gasteiger partial charge in [-0.25, -0.2) is 4.79 Å². The smallest absolute Gasteiger partial charge is 0.396 e. The lowest BCUT2D eigenvalue weighted by atomic mass is 10.1. The highest BCUT2D eigenvalue weighted by molar-refractivity contribution is 5.90. The first kappa shape index (κ1) is 15.3. The summed E-state index contributed by atoms with van der Waals surface area (Å²) in [6.07, 6.45) is -4.07. The first-order chi connectivity index (χ1) is 8.86. The molecule has 0 atom stereocenters. The molecule has 4 nitrogen and oxygen atoms in total. The fourth-order valence-corrected chi connectivity index (χ4v) is 1.53. The second kappa shape index (κ2) is 6.42. The molecule has 2 amide bonds. The summed E-state index contributed by atoms with van der Waals surface area (Å²) >= 11 is 0. The molecule has 0 saturated heterocycles. The number of anilines is 1. The van der Waals surface area contributed by atoms with Gasteiger partial charge < -0.3 is 15.7 Å². The number of amides is 2. The number of benzene rings is 1. The highest BCUT2D eigenvalue weighted by Crippen LogP contribution is 2.34. The Hall–Kier alpha value is -1.76. The van der Waals surface area contributed by atoms with Crippen LogP contribution in [0.15, 0.2) is 18.2 Å². The Labute approximate surface area is 108 Å². The molecule has 1 aromatic carbocycles. The van der Waals surface area contributed by atoms with E-state index in [0.29, 0.717) is 6.42 Å². The largest absolute Gasteiger partial charge is 0.416 e. The molecule has 0 aromatic heterocycles. The molecule has 0 unspecified atom stereocenters. The minimum Gasteiger partial charge on any atom is -0.396 e. The number of aliphatic hydroxyl groups excluding tert-OH is 1. The number of hydrogen-bond donors (Lipinski definition) is 3. The third-order valence-electron chi connectivity index (χ3n) is 2.51. The number of carbonyl (C=O) groups excluding carboxylic acids is 1. The van der Waals surface area contributed by atoms with Crippen LogP contribution in [0.3, 0.4) is 0 Å². The summed E-state index contributed by atoms with van der Waals surface area (Å²) < 4.78 is 38.0. The Balaban J connectivity index is 2.77. The van der Waals surface area contributed by atoms with Crippen molar-refractivity contribution in [3.8, 4) is 0 Å². The zero-order valence-corrected chi connectivity index (χ0v) is 10.3. The molecule has 0 spiro atoms. The zero-order valence-electron chi connectivity index (χ0n) is 10.3. The monoisotopic (exact) mass is 276 g/mol. The lowest BCUT2D eigenvalue weighted by Gasteiger charge is -2.14. The lowest BCUT2D eigenvalue weighted by molar-refractivity contribution is -0.138. The number of nitrogens with one attached hydrogen (secondary N) is 2. The third-order valence-corrected chi connectivity index (χ3v) is 2.51. The van der Waals surface area contributed by atoms with Crippen LogP contribution >= 0.6 is 0 Å². The average molecular weight is 276 g/mol. The maximum absolute atomic E-state index is 12.7. The van der Waals surface area contributed by atoms with Crippen molar-refractivity contribution in [1.29, 1.82) is 0 Å². The van der Waals surface area contributed by atoms with Gasteiger partial charge in [0.15, 0.2) is 0 Å². The fourth-order valence-electron chi connectivity index (χ4n) is 1.53. The maximum Gasteiger partial charge on any atom is 0.416 e. The second-order valence-electron chi connectivity index (χ2n) is 3.93. The van der Waals surface area contributed by atoms with Gasteiger partial charge in [0.2, 0.25) is 0 Å². The van der Waals surface area contributed by atoms with Crippen molar-refractivity contribution in [1.82, 2.24) is 5.32 Å². The van der Waals surface area contributed by atoms with E-state index < -0.39 is 17.8 Å². The van der Waals surface area contributed by atoms with E-state index in [0.717, 1.165) is 6.07 Å². The van der Waals surface area contributed by atoms with Crippen molar-refractivity contribution < 1.29 is 23.1 Å². The fraction of sp³-hybridized carbons (Fsp3) is 0.417. The number of hydrogen-bond acceptors (Lipinski definition) is 2. The zero-order chi connectivity index (χ0) is 14.5. The molecule has 0 bridgehead atoms.